The molecule has 0 bridgehead atoms. The lowest BCUT2D eigenvalue weighted by molar-refractivity contribution is -0.113. The van der Waals surface area contributed by atoms with Crippen LogP contribution in [0, 0.1) is 0 Å². The highest BCUT2D eigenvalue weighted by molar-refractivity contribution is 7.99. The van der Waals surface area contributed by atoms with Gasteiger partial charge < -0.3 is 14.6 Å². The second-order valence-corrected chi connectivity index (χ2v) is 8.75. The van der Waals surface area contributed by atoms with Crippen LogP contribution in [-0.4, -0.2) is 57.3 Å². The van der Waals surface area contributed by atoms with Crippen LogP contribution in [0.3, 0.4) is 0 Å². The number of ether oxygens (including phenoxy) is 1. The predicted molar refractivity (Wildman–Crippen MR) is 129 cm³/mol. The molecule has 0 fully saturated rings. The van der Waals surface area contributed by atoms with E-state index in [-0.39, 0.29) is 23.5 Å². The van der Waals surface area contributed by atoms with Crippen molar-refractivity contribution in [2.75, 3.05) is 25.2 Å². The van der Waals surface area contributed by atoms with Crippen molar-refractivity contribution >= 4 is 35.2 Å². The highest BCUT2D eigenvalue weighted by Gasteiger charge is 2.32. The molecule has 0 atom stereocenters. The van der Waals surface area contributed by atoms with Crippen LogP contribution < -0.4 is 10.1 Å². The Kier molecular flexibility index (Phi) is 6.97. The number of hydrogen-bond donors (Lipinski definition) is 1. The number of aromatic nitrogens is 3. The molecule has 0 radical (unpaired) electrons. The van der Waals surface area contributed by atoms with Gasteiger partial charge in [0.2, 0.25) is 5.91 Å². The molecule has 0 saturated carbocycles. The fourth-order valence-corrected chi connectivity index (χ4v) is 4.40. The molecule has 3 amide bonds. The number of anilines is 1. The summed E-state index contributed by atoms with van der Waals surface area (Å²) >= 11 is 1.30. The van der Waals surface area contributed by atoms with E-state index >= 15 is 0 Å². The molecule has 0 spiro atoms. The predicted octanol–water partition coefficient (Wildman–Crippen LogP) is 3.71. The van der Waals surface area contributed by atoms with Gasteiger partial charge in [-0.3, -0.25) is 19.3 Å². The highest BCUT2D eigenvalue weighted by Crippen LogP contribution is 2.27. The average molecular weight is 480 g/mol. The molecular formula is C24H25N5O4S. The van der Waals surface area contributed by atoms with E-state index in [1.54, 1.807) is 19.2 Å². The van der Waals surface area contributed by atoms with E-state index in [1.165, 1.54) is 24.9 Å². The molecule has 4 rings (SSSR count). The summed E-state index contributed by atoms with van der Waals surface area (Å²) < 4.78 is 7.26. The van der Waals surface area contributed by atoms with Crippen molar-refractivity contribution in [1.82, 2.24) is 19.7 Å². The number of nitrogens with zero attached hydrogens (tertiary/aromatic N) is 4. The van der Waals surface area contributed by atoms with Crippen molar-refractivity contribution < 1.29 is 19.1 Å². The number of methoxy groups -OCH3 is 1. The maximum atomic E-state index is 12.6. The largest absolute Gasteiger partial charge is 0.497 e. The minimum absolute atomic E-state index is 0.122. The normalized spacial score (nSPS) is 12.7. The molecule has 176 valence electrons. The summed E-state index contributed by atoms with van der Waals surface area (Å²) in [5, 5.41) is 12.1. The smallest absolute Gasteiger partial charge is 0.261 e. The highest BCUT2D eigenvalue weighted by atomic mass is 32.2. The van der Waals surface area contributed by atoms with E-state index in [9.17, 15) is 14.4 Å². The summed E-state index contributed by atoms with van der Waals surface area (Å²) in [6.45, 7) is 2.85. The van der Waals surface area contributed by atoms with Crippen molar-refractivity contribution in [3.05, 3.63) is 53.6 Å². The molecule has 1 aliphatic rings. The van der Waals surface area contributed by atoms with Gasteiger partial charge in [0.25, 0.3) is 11.8 Å². The zero-order valence-electron chi connectivity index (χ0n) is 19.2. The average Bonchev–Trinajstić information content (AvgIpc) is 3.35. The van der Waals surface area contributed by atoms with Crippen LogP contribution >= 0.6 is 11.8 Å². The van der Waals surface area contributed by atoms with Gasteiger partial charge in [-0.15, -0.1) is 10.2 Å². The molecule has 3 aromatic rings. The summed E-state index contributed by atoms with van der Waals surface area (Å²) in [5.41, 5.74) is 2.02. The van der Waals surface area contributed by atoms with Crippen LogP contribution in [0.1, 0.15) is 40.5 Å². The Morgan fingerprint density at radius 1 is 1.06 bits per heavy atom. The van der Waals surface area contributed by atoms with Gasteiger partial charge in [0.15, 0.2) is 11.0 Å². The number of hydrogen-bond acceptors (Lipinski definition) is 7. The van der Waals surface area contributed by atoms with E-state index in [2.05, 4.69) is 22.4 Å². The van der Waals surface area contributed by atoms with Gasteiger partial charge >= 0.3 is 0 Å². The molecule has 0 unspecified atom stereocenters. The van der Waals surface area contributed by atoms with Gasteiger partial charge in [-0.25, -0.2) is 0 Å². The second kappa shape index (κ2) is 10.1. The zero-order chi connectivity index (χ0) is 24.2. The van der Waals surface area contributed by atoms with Gasteiger partial charge in [-0.05, 0) is 48.9 Å². The number of amides is 3. The molecule has 9 nitrogen and oxygen atoms in total. The van der Waals surface area contributed by atoms with Crippen LogP contribution in [0.2, 0.25) is 0 Å². The summed E-state index contributed by atoms with van der Waals surface area (Å²) in [5.74, 6) is 0.666. The summed E-state index contributed by atoms with van der Waals surface area (Å²) in [7, 11) is 3.06. The third-order valence-electron chi connectivity index (χ3n) is 5.51. The maximum Gasteiger partial charge on any atom is 0.261 e. The first-order chi connectivity index (χ1) is 16.4. The number of carbonyl (C=O) groups excluding carboxylic acids is 3. The number of benzene rings is 2. The lowest BCUT2D eigenvalue weighted by Crippen LogP contribution is -2.24. The molecule has 0 aliphatic carbocycles. The molecule has 2 heterocycles. The Morgan fingerprint density at radius 2 is 1.79 bits per heavy atom. The van der Waals surface area contributed by atoms with Gasteiger partial charge in [-0.1, -0.05) is 25.1 Å². The summed E-state index contributed by atoms with van der Waals surface area (Å²) in [6.07, 6.45) is 1.97. The SMILES string of the molecule is CCCCn1c(SCC(=O)Nc2ccc3c(c2)C(=O)N(C)C3=O)nnc1-c1ccc(OC)cc1. The van der Waals surface area contributed by atoms with E-state index in [4.69, 9.17) is 4.74 Å². The lowest BCUT2D eigenvalue weighted by atomic mass is 10.1. The first-order valence-corrected chi connectivity index (χ1v) is 11.9. The molecule has 10 heteroatoms. The minimum Gasteiger partial charge on any atom is -0.497 e. The van der Waals surface area contributed by atoms with Crippen LogP contribution in [0.15, 0.2) is 47.6 Å². The number of carbonyl (C=O) groups is 3. The molecular weight excluding hydrogens is 454 g/mol. The van der Waals surface area contributed by atoms with Crippen molar-refractivity contribution in [2.24, 2.45) is 0 Å². The topological polar surface area (TPSA) is 106 Å². The Bertz CT molecular complexity index is 1240. The molecule has 2 aromatic carbocycles. The van der Waals surface area contributed by atoms with E-state index in [0.29, 0.717) is 22.0 Å². The van der Waals surface area contributed by atoms with Gasteiger partial charge in [0.05, 0.1) is 24.0 Å². The minimum atomic E-state index is -0.374. The summed E-state index contributed by atoms with van der Waals surface area (Å²) in [6, 6.07) is 12.3. The number of fused-ring (bicyclic) bond motifs is 1. The van der Waals surface area contributed by atoms with Crippen molar-refractivity contribution in [3.8, 4) is 17.1 Å². The monoisotopic (exact) mass is 479 g/mol. The van der Waals surface area contributed by atoms with E-state index < -0.39 is 0 Å². The first kappa shape index (κ1) is 23.5. The Morgan fingerprint density at radius 3 is 2.50 bits per heavy atom. The van der Waals surface area contributed by atoms with Gasteiger partial charge in [-0.2, -0.15) is 0 Å². The molecule has 0 saturated heterocycles. The quantitative estimate of drug-likeness (QED) is 0.368. The number of unbranched alkanes of at least 4 members (excludes halogenated alkanes) is 1. The van der Waals surface area contributed by atoms with Crippen LogP contribution in [0.25, 0.3) is 11.4 Å². The van der Waals surface area contributed by atoms with Crippen LogP contribution in [-0.2, 0) is 11.3 Å². The summed E-state index contributed by atoms with van der Waals surface area (Å²) in [4.78, 5) is 37.9. The first-order valence-electron chi connectivity index (χ1n) is 10.9. The Balaban J connectivity index is 1.46. The van der Waals surface area contributed by atoms with Crippen molar-refractivity contribution in [2.45, 2.75) is 31.5 Å². The second-order valence-electron chi connectivity index (χ2n) is 7.81. The number of rotatable bonds is 9. The Labute approximate surface area is 201 Å². The Hall–Kier alpha value is -3.66. The lowest BCUT2D eigenvalue weighted by Gasteiger charge is -2.10. The third-order valence-corrected chi connectivity index (χ3v) is 6.47. The molecule has 1 aromatic heterocycles. The number of thioether (sulfide) groups is 1. The van der Waals surface area contributed by atoms with Crippen molar-refractivity contribution in [3.63, 3.8) is 0 Å². The number of nitrogens with one attached hydrogen (secondary N) is 1. The van der Waals surface area contributed by atoms with Crippen LogP contribution in [0.4, 0.5) is 5.69 Å². The van der Waals surface area contributed by atoms with Crippen molar-refractivity contribution in [1.29, 1.82) is 0 Å². The molecule has 34 heavy (non-hydrogen) atoms. The van der Waals surface area contributed by atoms with Crippen LogP contribution in [0.5, 0.6) is 5.75 Å². The molecule has 1 aliphatic heterocycles. The zero-order valence-corrected chi connectivity index (χ0v) is 20.0. The van der Waals surface area contributed by atoms with Gasteiger partial charge in [0, 0.05) is 24.8 Å². The van der Waals surface area contributed by atoms with E-state index in [1.807, 2.05) is 28.8 Å². The fraction of sp³-hybridized carbons (Fsp3) is 0.292. The standard InChI is InChI=1S/C24H25N5O4S/c1-4-5-12-29-21(15-6-9-17(33-3)10-7-15)26-27-24(29)34-14-20(30)25-16-8-11-18-19(13-16)23(32)28(2)22(18)31/h6-11,13H,4-5,12,14H2,1-3H3,(H,25,30). The van der Waals surface area contributed by atoms with E-state index in [0.717, 1.165) is 41.4 Å². The fourth-order valence-electron chi connectivity index (χ4n) is 3.63. The maximum absolute atomic E-state index is 12.6. The van der Waals surface area contributed by atoms with Gasteiger partial charge in [0.1, 0.15) is 5.75 Å². The third kappa shape index (κ3) is 4.67. The number of imide groups is 1. The molecule has 1 N–H and O–H groups in total.